The summed E-state index contributed by atoms with van der Waals surface area (Å²) in [5.74, 6) is -0.153. The van der Waals surface area contributed by atoms with E-state index in [9.17, 15) is 4.79 Å². The molecule has 1 amide bonds. The van der Waals surface area contributed by atoms with Crippen molar-refractivity contribution in [2.75, 3.05) is 18.5 Å². The predicted octanol–water partition coefficient (Wildman–Crippen LogP) is 2.47. The Hall–Kier alpha value is -1.39. The number of benzene rings is 1. The van der Waals surface area contributed by atoms with Gasteiger partial charge in [0, 0.05) is 11.2 Å². The van der Waals surface area contributed by atoms with E-state index in [2.05, 4.69) is 5.32 Å². The van der Waals surface area contributed by atoms with Gasteiger partial charge < -0.3 is 15.8 Å². The van der Waals surface area contributed by atoms with Gasteiger partial charge in [0.15, 0.2) is 0 Å². The van der Waals surface area contributed by atoms with Crippen LogP contribution in [0.4, 0.5) is 5.69 Å². The second-order valence-electron chi connectivity index (χ2n) is 4.98. The number of hydrogen-bond donors (Lipinski definition) is 2. The van der Waals surface area contributed by atoms with Gasteiger partial charge >= 0.3 is 0 Å². The van der Waals surface area contributed by atoms with Crippen LogP contribution in [-0.4, -0.2) is 24.7 Å². The van der Waals surface area contributed by atoms with Crippen LogP contribution < -0.4 is 11.1 Å². The van der Waals surface area contributed by atoms with E-state index in [1.165, 1.54) is 0 Å². The van der Waals surface area contributed by atoms with Crippen molar-refractivity contribution in [3.63, 3.8) is 0 Å². The Morgan fingerprint density at radius 3 is 2.63 bits per heavy atom. The molecule has 0 aliphatic heterocycles. The van der Waals surface area contributed by atoms with Gasteiger partial charge in [-0.1, -0.05) is 26.0 Å². The van der Waals surface area contributed by atoms with Crippen LogP contribution in [-0.2, 0) is 9.53 Å². The van der Waals surface area contributed by atoms with Crippen LogP contribution in [0.25, 0.3) is 0 Å². The summed E-state index contributed by atoms with van der Waals surface area (Å²) in [6.45, 7) is 6.48. The number of ether oxygens (including phenoxy) is 1. The van der Waals surface area contributed by atoms with E-state index in [1.807, 2.05) is 45.0 Å². The first kappa shape index (κ1) is 15.7. The first-order valence-electron chi connectivity index (χ1n) is 6.72. The molecule has 0 aliphatic carbocycles. The van der Waals surface area contributed by atoms with Crippen LogP contribution in [0, 0.1) is 6.92 Å². The number of aryl methyl sites for hydroxylation is 1. The Balaban J connectivity index is 2.36. The van der Waals surface area contributed by atoms with Crippen LogP contribution in [0.15, 0.2) is 24.3 Å². The lowest BCUT2D eigenvalue weighted by Crippen LogP contribution is -2.43. The first-order chi connectivity index (χ1) is 8.99. The van der Waals surface area contributed by atoms with Crippen LogP contribution in [0.3, 0.4) is 0 Å². The summed E-state index contributed by atoms with van der Waals surface area (Å²) in [5, 5.41) is 2.80. The van der Waals surface area contributed by atoms with Crippen LogP contribution >= 0.6 is 0 Å². The molecule has 0 saturated carbocycles. The summed E-state index contributed by atoms with van der Waals surface area (Å²) < 4.78 is 5.41. The number of amides is 1. The molecule has 0 spiro atoms. The smallest absolute Gasteiger partial charge is 0.250 e. The van der Waals surface area contributed by atoms with Gasteiger partial charge in [0.05, 0.1) is 6.61 Å². The number of nitrogens with one attached hydrogen (secondary N) is 1. The Kier molecular flexibility index (Phi) is 5.99. The van der Waals surface area contributed by atoms with Gasteiger partial charge in [-0.3, -0.25) is 4.79 Å². The minimum absolute atomic E-state index is 0.0346. The molecular formula is C15H24N2O2. The Morgan fingerprint density at radius 1 is 1.37 bits per heavy atom. The zero-order valence-electron chi connectivity index (χ0n) is 12.0. The Labute approximate surface area is 115 Å². The molecule has 0 unspecified atom stereocenters. The zero-order valence-corrected chi connectivity index (χ0v) is 12.0. The van der Waals surface area contributed by atoms with Gasteiger partial charge in [0.1, 0.15) is 6.61 Å². The third-order valence-electron chi connectivity index (χ3n) is 3.33. The van der Waals surface area contributed by atoms with Gasteiger partial charge in [0.2, 0.25) is 5.91 Å². The zero-order chi connectivity index (χ0) is 14.3. The Morgan fingerprint density at radius 2 is 2.05 bits per heavy atom. The van der Waals surface area contributed by atoms with Gasteiger partial charge in [-0.15, -0.1) is 0 Å². The van der Waals surface area contributed by atoms with Crippen LogP contribution in [0.1, 0.15) is 32.3 Å². The minimum Gasteiger partial charge on any atom is -0.370 e. The SMILES string of the molecule is CCC(N)(CC)COCC(=O)Nc1cccc(C)c1. The lowest BCUT2D eigenvalue weighted by atomic mass is 9.96. The fourth-order valence-corrected chi connectivity index (χ4v) is 1.72. The summed E-state index contributed by atoms with van der Waals surface area (Å²) in [6, 6.07) is 7.67. The molecule has 3 N–H and O–H groups in total. The molecule has 106 valence electrons. The van der Waals surface area contributed by atoms with Gasteiger partial charge in [-0.25, -0.2) is 0 Å². The highest BCUT2D eigenvalue weighted by Gasteiger charge is 2.20. The van der Waals surface area contributed by atoms with Crippen molar-refractivity contribution < 1.29 is 9.53 Å². The molecular weight excluding hydrogens is 240 g/mol. The minimum atomic E-state index is -0.330. The molecule has 0 heterocycles. The van der Waals surface area contributed by atoms with Crippen LogP contribution in [0.2, 0.25) is 0 Å². The highest BCUT2D eigenvalue weighted by molar-refractivity contribution is 5.91. The molecule has 0 aliphatic rings. The van der Waals surface area contributed by atoms with Crippen molar-refractivity contribution in [2.45, 2.75) is 39.2 Å². The number of rotatable bonds is 7. The maximum absolute atomic E-state index is 11.7. The molecule has 0 radical (unpaired) electrons. The maximum Gasteiger partial charge on any atom is 0.250 e. The van der Waals surface area contributed by atoms with Crippen molar-refractivity contribution in [1.82, 2.24) is 0 Å². The second kappa shape index (κ2) is 7.26. The van der Waals surface area contributed by atoms with E-state index in [4.69, 9.17) is 10.5 Å². The second-order valence-corrected chi connectivity index (χ2v) is 4.98. The van der Waals surface area contributed by atoms with Gasteiger partial charge in [0.25, 0.3) is 0 Å². The Bertz CT molecular complexity index is 414. The third-order valence-corrected chi connectivity index (χ3v) is 3.33. The van der Waals surface area contributed by atoms with E-state index >= 15 is 0 Å². The third kappa shape index (κ3) is 5.41. The predicted molar refractivity (Wildman–Crippen MR) is 78.1 cm³/mol. The summed E-state index contributed by atoms with van der Waals surface area (Å²) >= 11 is 0. The molecule has 0 aromatic heterocycles. The lowest BCUT2D eigenvalue weighted by molar-refractivity contribution is -0.121. The molecule has 1 aromatic rings. The first-order valence-corrected chi connectivity index (χ1v) is 6.72. The molecule has 1 aromatic carbocycles. The molecule has 19 heavy (non-hydrogen) atoms. The standard InChI is InChI=1S/C15H24N2O2/c1-4-15(16,5-2)11-19-10-14(18)17-13-8-6-7-12(3)9-13/h6-9H,4-5,10-11,16H2,1-3H3,(H,17,18). The quantitative estimate of drug-likeness (QED) is 0.795. The number of nitrogens with two attached hydrogens (primary N) is 1. The highest BCUT2D eigenvalue weighted by Crippen LogP contribution is 2.12. The summed E-state index contributed by atoms with van der Waals surface area (Å²) in [5.41, 5.74) is 7.67. The lowest BCUT2D eigenvalue weighted by Gasteiger charge is -2.26. The molecule has 0 fully saturated rings. The van der Waals surface area contributed by atoms with E-state index in [0.717, 1.165) is 24.1 Å². The molecule has 4 nitrogen and oxygen atoms in total. The van der Waals surface area contributed by atoms with Crippen LogP contribution in [0.5, 0.6) is 0 Å². The van der Waals surface area contributed by atoms with E-state index in [-0.39, 0.29) is 18.1 Å². The molecule has 0 bridgehead atoms. The monoisotopic (exact) mass is 264 g/mol. The average molecular weight is 264 g/mol. The largest absolute Gasteiger partial charge is 0.370 e. The summed E-state index contributed by atoms with van der Waals surface area (Å²) in [7, 11) is 0. The summed E-state index contributed by atoms with van der Waals surface area (Å²) in [6.07, 6.45) is 1.67. The van der Waals surface area contributed by atoms with Crippen molar-refractivity contribution in [1.29, 1.82) is 0 Å². The highest BCUT2D eigenvalue weighted by atomic mass is 16.5. The normalized spacial score (nSPS) is 11.4. The topological polar surface area (TPSA) is 64.3 Å². The summed E-state index contributed by atoms with van der Waals surface area (Å²) in [4.78, 5) is 11.7. The fourth-order valence-electron chi connectivity index (χ4n) is 1.72. The van der Waals surface area contributed by atoms with E-state index in [1.54, 1.807) is 0 Å². The average Bonchev–Trinajstić information content (AvgIpc) is 2.38. The van der Waals surface area contributed by atoms with Gasteiger partial charge in [-0.2, -0.15) is 0 Å². The molecule has 1 rings (SSSR count). The van der Waals surface area contributed by atoms with Crippen molar-refractivity contribution in [3.8, 4) is 0 Å². The number of anilines is 1. The molecule has 4 heteroatoms. The number of carbonyl (C=O) groups is 1. The molecule has 0 saturated heterocycles. The van der Waals surface area contributed by atoms with Crippen molar-refractivity contribution in [3.05, 3.63) is 29.8 Å². The number of carbonyl (C=O) groups excluding carboxylic acids is 1. The van der Waals surface area contributed by atoms with Gasteiger partial charge in [-0.05, 0) is 37.5 Å². The fraction of sp³-hybridized carbons (Fsp3) is 0.533. The van der Waals surface area contributed by atoms with Crippen molar-refractivity contribution in [2.24, 2.45) is 5.73 Å². The maximum atomic E-state index is 11.7. The van der Waals surface area contributed by atoms with E-state index in [0.29, 0.717) is 6.61 Å². The van der Waals surface area contributed by atoms with Crippen molar-refractivity contribution >= 4 is 11.6 Å². The molecule has 0 atom stereocenters. The number of hydrogen-bond acceptors (Lipinski definition) is 3. The van der Waals surface area contributed by atoms with E-state index < -0.39 is 0 Å².